The fourth-order valence-corrected chi connectivity index (χ4v) is 4.56. The minimum absolute atomic E-state index is 0.0589. The summed E-state index contributed by atoms with van der Waals surface area (Å²) >= 11 is 5.83. The molecule has 26 heavy (non-hydrogen) atoms. The molecule has 0 fully saturated rings. The highest BCUT2D eigenvalue weighted by Gasteiger charge is 2.74. The lowest BCUT2D eigenvalue weighted by Crippen LogP contribution is -2.50. The summed E-state index contributed by atoms with van der Waals surface area (Å²) in [5.74, 6) is 0. The largest absolute Gasteiger partial charge is 0.435 e. The van der Waals surface area contributed by atoms with Crippen LogP contribution in [0.1, 0.15) is 11.1 Å². The average molecular weight is 503 g/mol. The van der Waals surface area contributed by atoms with Crippen molar-refractivity contribution in [3.8, 4) is 6.07 Å². The van der Waals surface area contributed by atoms with Gasteiger partial charge >= 0.3 is 18.0 Å². The Morgan fingerprint density at radius 3 is 1.85 bits per heavy atom. The topological polar surface area (TPSA) is 23.8 Å². The molecule has 0 amide bonds. The summed E-state index contributed by atoms with van der Waals surface area (Å²) < 4.78 is 94.9. The van der Waals surface area contributed by atoms with E-state index in [1.54, 1.807) is 6.07 Å². The van der Waals surface area contributed by atoms with Gasteiger partial charge in [-0.2, -0.15) is 31.6 Å². The lowest BCUT2D eigenvalue weighted by molar-refractivity contribution is -0.347. The summed E-state index contributed by atoms with van der Waals surface area (Å²) in [6.07, 6.45) is -12.5. The molecule has 10 heteroatoms. The van der Waals surface area contributed by atoms with Crippen molar-refractivity contribution in [1.82, 2.24) is 0 Å². The van der Waals surface area contributed by atoms with Crippen LogP contribution in [0.15, 0.2) is 33.2 Å². The zero-order chi connectivity index (χ0) is 19.7. The maximum Gasteiger partial charge on any atom is 0.435 e. The van der Waals surface area contributed by atoms with Crippen molar-refractivity contribution in [2.45, 2.75) is 18.0 Å². The Morgan fingerprint density at radius 1 is 0.808 bits per heavy atom. The third-order valence-electron chi connectivity index (χ3n) is 4.05. The third-order valence-corrected chi connectivity index (χ3v) is 5.31. The quantitative estimate of drug-likeness (QED) is 0.325. The monoisotopic (exact) mass is 501 g/mol. The van der Waals surface area contributed by atoms with Gasteiger partial charge in [-0.1, -0.05) is 37.9 Å². The van der Waals surface area contributed by atoms with Crippen molar-refractivity contribution in [3.05, 3.63) is 44.3 Å². The molecular formula is C16H4Br2F7N. The van der Waals surface area contributed by atoms with E-state index in [1.165, 1.54) is 24.3 Å². The van der Waals surface area contributed by atoms with Crippen LogP contribution in [-0.4, -0.2) is 12.4 Å². The van der Waals surface area contributed by atoms with E-state index in [4.69, 9.17) is 5.26 Å². The van der Waals surface area contributed by atoms with Crippen LogP contribution in [0, 0.1) is 11.3 Å². The van der Waals surface area contributed by atoms with E-state index in [1.807, 2.05) is 0 Å². The third kappa shape index (κ3) is 2.40. The Balaban J connectivity index is 2.69. The molecule has 3 aromatic carbocycles. The molecule has 3 aromatic rings. The van der Waals surface area contributed by atoms with Gasteiger partial charge in [0.2, 0.25) is 0 Å². The van der Waals surface area contributed by atoms with Crippen molar-refractivity contribution >= 4 is 53.4 Å². The van der Waals surface area contributed by atoms with Crippen molar-refractivity contribution < 1.29 is 30.7 Å². The first-order valence-electron chi connectivity index (χ1n) is 6.74. The molecule has 0 aromatic heterocycles. The zero-order valence-corrected chi connectivity index (χ0v) is 15.3. The minimum Gasteiger partial charge on any atom is -0.218 e. The van der Waals surface area contributed by atoms with Gasteiger partial charge < -0.3 is 0 Å². The van der Waals surface area contributed by atoms with Crippen LogP contribution >= 0.6 is 31.9 Å². The highest BCUT2D eigenvalue weighted by molar-refractivity contribution is 9.11. The minimum atomic E-state index is -6.27. The van der Waals surface area contributed by atoms with E-state index >= 15 is 0 Å². The SMILES string of the molecule is N#Cc1ccc2cc1c1c(Br)cc(Br)c2c1C(F)(C(F)(F)F)C(F)(F)F. The van der Waals surface area contributed by atoms with Crippen LogP contribution < -0.4 is 0 Å². The van der Waals surface area contributed by atoms with Gasteiger partial charge in [0.15, 0.2) is 0 Å². The number of hydrogen-bond acceptors (Lipinski definition) is 1. The van der Waals surface area contributed by atoms with Crippen LogP contribution in [-0.2, 0) is 5.67 Å². The maximum absolute atomic E-state index is 14.9. The second-order valence-electron chi connectivity index (χ2n) is 5.49. The molecule has 0 saturated heterocycles. The summed E-state index contributed by atoms with van der Waals surface area (Å²) in [4.78, 5) is 0. The number of nitrogens with zero attached hydrogens (tertiary/aromatic N) is 1. The fraction of sp³-hybridized carbons (Fsp3) is 0.188. The Labute approximate surface area is 158 Å². The molecule has 0 saturated carbocycles. The smallest absolute Gasteiger partial charge is 0.218 e. The first kappa shape index (κ1) is 19.2. The van der Waals surface area contributed by atoms with Gasteiger partial charge in [-0.25, -0.2) is 4.39 Å². The van der Waals surface area contributed by atoms with Gasteiger partial charge in [0, 0.05) is 30.7 Å². The number of hydrogen-bond donors (Lipinski definition) is 0. The molecule has 0 aliphatic heterocycles. The Hall–Kier alpha value is -1.60. The van der Waals surface area contributed by atoms with Gasteiger partial charge in [0.1, 0.15) is 0 Å². The highest BCUT2D eigenvalue weighted by atomic mass is 79.9. The van der Waals surface area contributed by atoms with Crippen molar-refractivity contribution in [2.75, 3.05) is 0 Å². The number of alkyl halides is 7. The summed E-state index contributed by atoms with van der Waals surface area (Å²) in [5.41, 5.74) is -7.37. The van der Waals surface area contributed by atoms with E-state index in [-0.39, 0.29) is 25.3 Å². The summed E-state index contributed by atoms with van der Waals surface area (Å²) in [6, 6.07) is 6.62. The predicted molar refractivity (Wildman–Crippen MR) is 87.7 cm³/mol. The number of benzene rings is 3. The van der Waals surface area contributed by atoms with E-state index < -0.39 is 34.4 Å². The van der Waals surface area contributed by atoms with Crippen molar-refractivity contribution in [3.63, 3.8) is 0 Å². The maximum atomic E-state index is 14.9. The van der Waals surface area contributed by atoms with E-state index in [0.29, 0.717) is 0 Å². The summed E-state index contributed by atoms with van der Waals surface area (Å²) in [6.45, 7) is 0. The molecule has 136 valence electrons. The molecule has 0 unspecified atom stereocenters. The van der Waals surface area contributed by atoms with Crippen LogP contribution in [0.3, 0.4) is 0 Å². The van der Waals surface area contributed by atoms with E-state index in [2.05, 4.69) is 31.9 Å². The van der Waals surface area contributed by atoms with Gasteiger partial charge in [0.25, 0.3) is 0 Å². The van der Waals surface area contributed by atoms with Crippen molar-refractivity contribution in [1.29, 1.82) is 5.26 Å². The molecule has 0 atom stereocenters. The van der Waals surface area contributed by atoms with Crippen molar-refractivity contribution in [2.24, 2.45) is 0 Å². The van der Waals surface area contributed by atoms with Crippen LogP contribution in [0.5, 0.6) is 0 Å². The Morgan fingerprint density at radius 2 is 1.35 bits per heavy atom. The number of halogens is 9. The van der Waals surface area contributed by atoms with Gasteiger partial charge in [-0.15, -0.1) is 0 Å². The van der Waals surface area contributed by atoms with E-state index in [9.17, 15) is 30.7 Å². The number of nitriles is 1. The van der Waals surface area contributed by atoms with Gasteiger partial charge in [-0.05, 0) is 23.6 Å². The number of rotatable bonds is 1. The molecule has 0 radical (unpaired) electrons. The number of fused-ring (bicyclic) bond motifs is 6. The molecule has 0 spiro atoms. The Bertz CT molecular complexity index is 1050. The molecule has 3 rings (SSSR count). The summed E-state index contributed by atoms with van der Waals surface area (Å²) in [7, 11) is 0. The summed E-state index contributed by atoms with van der Waals surface area (Å²) in [5, 5.41) is 7.67. The average Bonchev–Trinajstić information content (AvgIpc) is 2.50. The van der Waals surface area contributed by atoms with Gasteiger partial charge in [-0.3, -0.25) is 0 Å². The first-order chi connectivity index (χ1) is 11.8. The fourth-order valence-electron chi connectivity index (χ4n) is 2.96. The molecule has 4 bridgehead atoms. The second kappa shape index (κ2) is 5.70. The van der Waals surface area contributed by atoms with Gasteiger partial charge in [0.05, 0.1) is 11.6 Å². The molecular weight excluding hydrogens is 499 g/mol. The van der Waals surface area contributed by atoms with Crippen LogP contribution in [0.4, 0.5) is 30.7 Å². The lowest BCUT2D eigenvalue weighted by atomic mass is 9.83. The molecule has 0 aliphatic rings. The second-order valence-corrected chi connectivity index (χ2v) is 7.20. The molecule has 0 N–H and O–H groups in total. The Kier molecular flexibility index (Phi) is 4.20. The molecule has 0 heterocycles. The van der Waals surface area contributed by atoms with Crippen LogP contribution in [0.2, 0.25) is 0 Å². The van der Waals surface area contributed by atoms with Crippen LogP contribution in [0.25, 0.3) is 21.5 Å². The standard InChI is InChI=1S/C16H4Br2F7N/c17-9-4-10(18)12-8-3-6(1-2-7(8)5-26)11(9)13(12)14(19,15(20,21)22)16(23,24)25/h1-4H. The highest BCUT2D eigenvalue weighted by Crippen LogP contribution is 2.58. The predicted octanol–water partition coefficient (Wildman–Crippen LogP) is 7.12. The lowest BCUT2D eigenvalue weighted by Gasteiger charge is -2.33. The van der Waals surface area contributed by atoms with E-state index in [0.717, 1.165) is 0 Å². The molecule has 1 nitrogen and oxygen atoms in total. The first-order valence-corrected chi connectivity index (χ1v) is 8.33. The molecule has 0 aliphatic carbocycles. The zero-order valence-electron chi connectivity index (χ0n) is 12.2. The normalized spacial score (nSPS) is 13.5.